The highest BCUT2D eigenvalue weighted by Crippen LogP contribution is 1.88. The predicted octanol–water partition coefficient (Wildman–Crippen LogP) is -1.32. The van der Waals surface area contributed by atoms with E-state index in [0.717, 1.165) is 0 Å². The van der Waals surface area contributed by atoms with Crippen molar-refractivity contribution in [3.05, 3.63) is 0 Å². The average molecular weight is 289 g/mol. The van der Waals surface area contributed by atoms with E-state index in [2.05, 4.69) is 16.0 Å². The molecule has 0 saturated heterocycles. The second-order valence-corrected chi connectivity index (χ2v) is 4.52. The summed E-state index contributed by atoms with van der Waals surface area (Å²) in [6, 6.07) is 0. The van der Waals surface area contributed by atoms with E-state index in [9.17, 15) is 19.2 Å². The fraction of sp³-hybridized carbons (Fsp3) is 0.636. The minimum absolute atomic E-state index is 0.0321. The normalized spacial score (nSPS) is 9.58. The number of carbonyl (C=O) groups excluding carboxylic acids is 4. The first kappa shape index (κ1) is 17.4. The largest absolute Gasteiger partial charge is 0.347 e. The molecule has 0 saturated carbocycles. The number of hydrogen-bond donors (Lipinski definition) is 3. The van der Waals surface area contributed by atoms with Crippen LogP contribution in [0.3, 0.4) is 0 Å². The Labute approximate surface area is 116 Å². The third-order valence-corrected chi connectivity index (χ3v) is 2.60. The highest BCUT2D eigenvalue weighted by atomic mass is 32.2. The van der Waals surface area contributed by atoms with E-state index in [-0.39, 0.29) is 37.1 Å². The van der Waals surface area contributed by atoms with Crippen LogP contribution in [0.4, 0.5) is 0 Å². The smallest absolute Gasteiger partial charge is 0.239 e. The van der Waals surface area contributed by atoms with Gasteiger partial charge < -0.3 is 16.0 Å². The van der Waals surface area contributed by atoms with Gasteiger partial charge in [-0.05, 0) is 6.26 Å². The molecule has 0 atom stereocenters. The minimum Gasteiger partial charge on any atom is -0.347 e. The van der Waals surface area contributed by atoms with E-state index < -0.39 is 11.8 Å². The number of thioether (sulfide) groups is 1. The predicted molar refractivity (Wildman–Crippen MR) is 72.7 cm³/mol. The molecule has 0 aliphatic heterocycles. The summed E-state index contributed by atoms with van der Waals surface area (Å²) >= 11 is 1.35. The van der Waals surface area contributed by atoms with Crippen molar-refractivity contribution in [3.8, 4) is 0 Å². The lowest BCUT2D eigenvalue weighted by Gasteiger charge is -2.07. The molecule has 0 heterocycles. The molecule has 0 spiro atoms. The third kappa shape index (κ3) is 10.1. The second-order valence-electron chi connectivity index (χ2n) is 3.66. The Kier molecular flexibility index (Phi) is 9.51. The van der Waals surface area contributed by atoms with Gasteiger partial charge in [0.25, 0.3) is 0 Å². The molecule has 7 nitrogen and oxygen atoms in total. The number of amides is 3. The molecule has 0 fully saturated rings. The fourth-order valence-electron chi connectivity index (χ4n) is 0.987. The van der Waals surface area contributed by atoms with E-state index in [4.69, 9.17) is 0 Å². The van der Waals surface area contributed by atoms with E-state index in [1.807, 2.05) is 0 Å². The van der Waals surface area contributed by atoms with Crippen LogP contribution in [-0.4, -0.2) is 55.1 Å². The number of ketones is 1. The highest BCUT2D eigenvalue weighted by Gasteiger charge is 2.08. The van der Waals surface area contributed by atoms with Crippen LogP contribution in [0.2, 0.25) is 0 Å². The van der Waals surface area contributed by atoms with Gasteiger partial charge in [0.2, 0.25) is 17.7 Å². The molecule has 0 aliphatic carbocycles. The number of hydrogen-bond acceptors (Lipinski definition) is 5. The molecular formula is C11H19N3O4S. The zero-order chi connectivity index (χ0) is 14.7. The standard InChI is InChI=1S/C11H19N3O4S/c1-3-8(15)4-12-9(16)5-13-10(17)6-14-11(18)7-19-2/h3-7H2,1-2H3,(H,12,16)(H,13,17)(H,14,18). The van der Waals surface area contributed by atoms with Crippen molar-refractivity contribution in [3.63, 3.8) is 0 Å². The van der Waals surface area contributed by atoms with Crippen LogP contribution in [0.1, 0.15) is 13.3 Å². The van der Waals surface area contributed by atoms with Crippen molar-refractivity contribution in [1.82, 2.24) is 16.0 Å². The van der Waals surface area contributed by atoms with Gasteiger partial charge in [0.1, 0.15) is 0 Å². The Bertz CT molecular complexity index is 347. The Hall–Kier alpha value is -1.57. The van der Waals surface area contributed by atoms with Crippen molar-refractivity contribution in [2.75, 3.05) is 31.6 Å². The first-order chi connectivity index (χ1) is 8.99. The fourth-order valence-corrected chi connectivity index (χ4v) is 1.35. The summed E-state index contributed by atoms with van der Waals surface area (Å²) in [6.45, 7) is 1.29. The first-order valence-corrected chi connectivity index (χ1v) is 7.19. The quantitative estimate of drug-likeness (QED) is 0.488. The zero-order valence-corrected chi connectivity index (χ0v) is 11.9. The SMILES string of the molecule is CCC(=O)CNC(=O)CNC(=O)CNC(=O)CSC. The van der Waals surface area contributed by atoms with Gasteiger partial charge in [-0.3, -0.25) is 19.2 Å². The topological polar surface area (TPSA) is 104 Å². The van der Waals surface area contributed by atoms with Crippen LogP contribution in [0.5, 0.6) is 0 Å². The Morgan fingerprint density at radius 2 is 1.32 bits per heavy atom. The molecule has 108 valence electrons. The molecule has 19 heavy (non-hydrogen) atoms. The van der Waals surface area contributed by atoms with Crippen LogP contribution in [-0.2, 0) is 19.2 Å². The summed E-state index contributed by atoms with van der Waals surface area (Å²) in [4.78, 5) is 44.5. The Morgan fingerprint density at radius 3 is 1.79 bits per heavy atom. The van der Waals surface area contributed by atoms with Crippen LogP contribution in [0.15, 0.2) is 0 Å². The average Bonchev–Trinajstić information content (AvgIpc) is 2.40. The van der Waals surface area contributed by atoms with Crippen LogP contribution < -0.4 is 16.0 Å². The van der Waals surface area contributed by atoms with Gasteiger partial charge in [-0.15, -0.1) is 0 Å². The maximum atomic E-state index is 11.3. The summed E-state index contributed by atoms with van der Waals surface area (Å²) in [6.07, 6.45) is 2.13. The van der Waals surface area contributed by atoms with E-state index in [0.29, 0.717) is 6.42 Å². The van der Waals surface area contributed by atoms with Gasteiger partial charge >= 0.3 is 0 Å². The molecule has 0 bridgehead atoms. The molecule has 0 aromatic carbocycles. The van der Waals surface area contributed by atoms with Crippen LogP contribution >= 0.6 is 11.8 Å². The van der Waals surface area contributed by atoms with Crippen molar-refractivity contribution < 1.29 is 19.2 Å². The molecule has 0 aromatic rings. The van der Waals surface area contributed by atoms with Gasteiger partial charge in [-0.25, -0.2) is 0 Å². The molecule has 0 aliphatic rings. The van der Waals surface area contributed by atoms with Gasteiger partial charge in [-0.1, -0.05) is 6.92 Å². The van der Waals surface area contributed by atoms with Crippen molar-refractivity contribution in [2.24, 2.45) is 0 Å². The minimum atomic E-state index is -0.452. The zero-order valence-electron chi connectivity index (χ0n) is 11.1. The molecule has 0 aromatic heterocycles. The Morgan fingerprint density at radius 1 is 0.842 bits per heavy atom. The molecule has 8 heteroatoms. The van der Waals surface area contributed by atoms with Crippen LogP contribution in [0.25, 0.3) is 0 Å². The lowest BCUT2D eigenvalue weighted by molar-refractivity contribution is -0.128. The molecule has 3 N–H and O–H groups in total. The molecular weight excluding hydrogens is 270 g/mol. The summed E-state index contributed by atoms with van der Waals surface area (Å²) in [5, 5.41) is 7.13. The van der Waals surface area contributed by atoms with E-state index in [1.54, 1.807) is 13.2 Å². The molecule has 0 rings (SSSR count). The van der Waals surface area contributed by atoms with E-state index in [1.165, 1.54) is 11.8 Å². The van der Waals surface area contributed by atoms with Crippen LogP contribution in [0, 0.1) is 0 Å². The number of Topliss-reactive ketones (excluding diaryl/α,β-unsaturated/α-hetero) is 1. The van der Waals surface area contributed by atoms with Gasteiger partial charge in [0, 0.05) is 6.42 Å². The first-order valence-electron chi connectivity index (χ1n) is 5.80. The van der Waals surface area contributed by atoms with Gasteiger partial charge in [-0.2, -0.15) is 11.8 Å². The Balaban J connectivity index is 3.69. The van der Waals surface area contributed by atoms with Gasteiger partial charge in [0.05, 0.1) is 25.4 Å². The summed E-state index contributed by atoms with van der Waals surface area (Å²) in [5.74, 6) is -0.922. The lowest BCUT2D eigenvalue weighted by Crippen LogP contribution is -2.43. The summed E-state index contributed by atoms with van der Waals surface area (Å²) in [7, 11) is 0. The summed E-state index contributed by atoms with van der Waals surface area (Å²) < 4.78 is 0. The number of nitrogens with one attached hydrogen (secondary N) is 3. The van der Waals surface area contributed by atoms with Crippen molar-refractivity contribution in [1.29, 1.82) is 0 Å². The maximum Gasteiger partial charge on any atom is 0.239 e. The van der Waals surface area contributed by atoms with Crippen molar-refractivity contribution >= 4 is 35.3 Å². The number of carbonyl (C=O) groups is 4. The molecule has 0 unspecified atom stereocenters. The van der Waals surface area contributed by atoms with Crippen molar-refractivity contribution in [2.45, 2.75) is 13.3 Å². The highest BCUT2D eigenvalue weighted by molar-refractivity contribution is 7.99. The second kappa shape index (κ2) is 10.4. The summed E-state index contributed by atoms with van der Waals surface area (Å²) in [5.41, 5.74) is 0. The van der Waals surface area contributed by atoms with E-state index >= 15 is 0 Å². The molecule has 0 radical (unpaired) electrons. The maximum absolute atomic E-state index is 11.3. The lowest BCUT2D eigenvalue weighted by atomic mass is 10.3. The van der Waals surface area contributed by atoms with Gasteiger partial charge in [0.15, 0.2) is 5.78 Å². The molecule has 3 amide bonds. The monoisotopic (exact) mass is 289 g/mol. The third-order valence-electron chi connectivity index (χ3n) is 2.04. The number of rotatable bonds is 9.